The minimum absolute atomic E-state index is 0.126. The second-order valence-corrected chi connectivity index (χ2v) is 6.73. The van der Waals surface area contributed by atoms with E-state index in [4.69, 9.17) is 5.73 Å². The molecular weight excluding hydrogens is 308 g/mol. The first-order chi connectivity index (χ1) is 10.1. The van der Waals surface area contributed by atoms with Crippen LogP contribution in [0.5, 0.6) is 0 Å². The van der Waals surface area contributed by atoms with E-state index in [1.165, 1.54) is 38.1 Å². The second kappa shape index (κ2) is 7.17. The molecule has 1 amide bonds. The molecule has 0 radical (unpaired) electrons. The van der Waals surface area contributed by atoms with Gasteiger partial charge in [0.15, 0.2) is 0 Å². The highest BCUT2D eigenvalue weighted by molar-refractivity contribution is 7.90. The van der Waals surface area contributed by atoms with Crippen molar-refractivity contribution < 1.29 is 22.8 Å². The van der Waals surface area contributed by atoms with E-state index in [0.717, 1.165) is 0 Å². The molecule has 0 fully saturated rings. The van der Waals surface area contributed by atoms with Crippen LogP contribution >= 0.6 is 0 Å². The molecule has 0 atom stereocenters. The molecule has 1 rings (SSSR count). The molecule has 0 unspecified atom stereocenters. The monoisotopic (exact) mass is 326 g/mol. The van der Waals surface area contributed by atoms with Crippen molar-refractivity contribution in [3.63, 3.8) is 0 Å². The van der Waals surface area contributed by atoms with Gasteiger partial charge in [-0.1, -0.05) is 0 Å². The minimum Gasteiger partial charge on any atom is -0.399 e. The molecule has 7 nitrogen and oxygen atoms in total. The zero-order valence-corrected chi connectivity index (χ0v) is 13.1. The number of ketones is 2. The lowest BCUT2D eigenvalue weighted by Gasteiger charge is -2.14. The van der Waals surface area contributed by atoms with Crippen molar-refractivity contribution in [3.8, 4) is 0 Å². The number of anilines is 1. The number of carbonyl (C=O) groups excluding carboxylic acids is 3. The van der Waals surface area contributed by atoms with Crippen LogP contribution < -0.4 is 10.5 Å². The number of nitrogens with one attached hydrogen (secondary N) is 1. The Morgan fingerprint density at radius 1 is 1.05 bits per heavy atom. The van der Waals surface area contributed by atoms with Crippen LogP contribution in [-0.4, -0.2) is 25.9 Å². The predicted octanol–water partition coefficient (Wildman–Crippen LogP) is 0.648. The lowest BCUT2D eigenvalue weighted by Crippen LogP contribution is -2.37. The van der Waals surface area contributed by atoms with Crippen LogP contribution in [0.25, 0.3) is 0 Å². The largest absolute Gasteiger partial charge is 0.399 e. The van der Waals surface area contributed by atoms with Gasteiger partial charge in [0, 0.05) is 18.5 Å². The Hall–Kier alpha value is -2.22. The quantitative estimate of drug-likeness (QED) is 0.709. The van der Waals surface area contributed by atoms with Crippen molar-refractivity contribution >= 4 is 33.2 Å². The lowest BCUT2D eigenvalue weighted by molar-refractivity contribution is -0.130. The zero-order chi connectivity index (χ0) is 16.9. The third-order valence-corrected chi connectivity index (χ3v) is 4.23. The maximum Gasteiger partial charge on any atom is 0.264 e. The summed E-state index contributed by atoms with van der Waals surface area (Å²) in [5, 5.41) is 0. The number of nitrogens with two attached hydrogens (primary N) is 1. The van der Waals surface area contributed by atoms with E-state index in [9.17, 15) is 22.8 Å². The van der Waals surface area contributed by atoms with E-state index >= 15 is 0 Å². The summed E-state index contributed by atoms with van der Waals surface area (Å²) in [5.41, 5.74) is 5.86. The molecule has 0 aliphatic carbocycles. The number of rotatable bonds is 7. The van der Waals surface area contributed by atoms with Gasteiger partial charge in [0.2, 0.25) is 5.91 Å². The van der Waals surface area contributed by atoms with Crippen LogP contribution in [0.1, 0.15) is 26.7 Å². The van der Waals surface area contributed by atoms with Gasteiger partial charge in [-0.3, -0.25) is 4.79 Å². The Kier molecular flexibility index (Phi) is 5.81. The zero-order valence-electron chi connectivity index (χ0n) is 12.3. The van der Waals surface area contributed by atoms with Gasteiger partial charge in [0.1, 0.15) is 11.6 Å². The fourth-order valence-corrected chi connectivity index (χ4v) is 2.92. The molecule has 0 aromatic heterocycles. The normalized spacial score (nSPS) is 11.2. The molecule has 22 heavy (non-hydrogen) atoms. The molecule has 8 heteroatoms. The summed E-state index contributed by atoms with van der Waals surface area (Å²) >= 11 is 0. The highest BCUT2D eigenvalue weighted by atomic mass is 32.2. The number of amides is 1. The molecule has 0 saturated carbocycles. The Labute approximate surface area is 128 Å². The fraction of sp³-hybridized carbons (Fsp3) is 0.357. The van der Waals surface area contributed by atoms with Gasteiger partial charge >= 0.3 is 0 Å². The molecule has 0 spiro atoms. The number of Topliss-reactive ketones (excluding diaryl/α,β-unsaturated/α-hetero) is 2. The molecule has 0 heterocycles. The van der Waals surface area contributed by atoms with Gasteiger partial charge in [-0.25, -0.2) is 13.1 Å². The summed E-state index contributed by atoms with van der Waals surface area (Å²) in [6, 6.07) is 5.30. The first-order valence-corrected chi connectivity index (χ1v) is 8.01. The molecule has 120 valence electrons. The van der Waals surface area contributed by atoms with Gasteiger partial charge in [-0.2, -0.15) is 0 Å². The first-order valence-electron chi connectivity index (χ1n) is 6.53. The highest BCUT2D eigenvalue weighted by Crippen LogP contribution is 2.15. The molecule has 0 aliphatic heterocycles. The smallest absolute Gasteiger partial charge is 0.264 e. The van der Waals surface area contributed by atoms with E-state index in [-0.39, 0.29) is 29.3 Å². The van der Waals surface area contributed by atoms with Gasteiger partial charge in [0.05, 0.1) is 10.8 Å². The summed E-state index contributed by atoms with van der Waals surface area (Å²) in [7, 11) is -4.07. The van der Waals surface area contributed by atoms with Gasteiger partial charge in [-0.05, 0) is 38.1 Å². The summed E-state index contributed by atoms with van der Waals surface area (Å²) in [5.74, 6) is -2.47. The highest BCUT2D eigenvalue weighted by Gasteiger charge is 2.26. The van der Waals surface area contributed by atoms with Crippen LogP contribution in [0, 0.1) is 5.92 Å². The number of hydrogen-bond donors (Lipinski definition) is 2. The summed E-state index contributed by atoms with van der Waals surface area (Å²) in [6.45, 7) is 2.55. The van der Waals surface area contributed by atoms with E-state index in [1.807, 2.05) is 4.72 Å². The van der Waals surface area contributed by atoms with Crippen molar-refractivity contribution in [1.29, 1.82) is 0 Å². The van der Waals surface area contributed by atoms with Crippen LogP contribution in [0.3, 0.4) is 0 Å². The number of carbonyl (C=O) groups is 3. The molecular formula is C14H18N2O5S. The first kappa shape index (κ1) is 17.8. The summed E-state index contributed by atoms with van der Waals surface area (Å²) in [6.07, 6.45) is -0.384. The number of benzene rings is 1. The Morgan fingerprint density at radius 3 is 1.91 bits per heavy atom. The van der Waals surface area contributed by atoms with Gasteiger partial charge in [-0.15, -0.1) is 0 Å². The average molecular weight is 326 g/mol. The minimum atomic E-state index is -4.07. The fourth-order valence-electron chi connectivity index (χ4n) is 1.87. The second-order valence-electron chi connectivity index (χ2n) is 5.05. The molecule has 3 N–H and O–H groups in total. The van der Waals surface area contributed by atoms with Crippen molar-refractivity contribution in [2.45, 2.75) is 31.6 Å². The third-order valence-electron chi connectivity index (χ3n) is 2.86. The van der Waals surface area contributed by atoms with E-state index in [1.54, 1.807) is 0 Å². The summed E-state index contributed by atoms with van der Waals surface area (Å²) in [4.78, 5) is 34.2. The number of sulfonamides is 1. The molecule has 1 aromatic rings. The topological polar surface area (TPSA) is 123 Å². The number of nitrogen functional groups attached to an aromatic ring is 1. The van der Waals surface area contributed by atoms with E-state index in [0.29, 0.717) is 5.69 Å². The Balaban J connectivity index is 2.93. The van der Waals surface area contributed by atoms with Crippen molar-refractivity contribution in [2.24, 2.45) is 5.92 Å². The van der Waals surface area contributed by atoms with Gasteiger partial charge < -0.3 is 15.3 Å². The van der Waals surface area contributed by atoms with Crippen molar-refractivity contribution in [3.05, 3.63) is 24.3 Å². The molecule has 1 aromatic carbocycles. The SMILES string of the molecule is CC(=O)CC(CC(C)=O)C(=O)NS(=O)(=O)c1ccc(N)cc1. The maximum absolute atomic E-state index is 12.1. The average Bonchev–Trinajstić information content (AvgIpc) is 2.36. The molecule has 0 aliphatic rings. The number of hydrogen-bond acceptors (Lipinski definition) is 6. The Morgan fingerprint density at radius 2 is 1.50 bits per heavy atom. The van der Waals surface area contributed by atoms with Crippen molar-refractivity contribution in [2.75, 3.05) is 5.73 Å². The predicted molar refractivity (Wildman–Crippen MR) is 80.3 cm³/mol. The van der Waals surface area contributed by atoms with Gasteiger partial charge in [0.25, 0.3) is 10.0 Å². The van der Waals surface area contributed by atoms with E-state index < -0.39 is 21.8 Å². The summed E-state index contributed by atoms with van der Waals surface area (Å²) < 4.78 is 26.1. The maximum atomic E-state index is 12.1. The Bertz CT molecular complexity index is 664. The molecule has 0 saturated heterocycles. The standard InChI is InChI=1S/C14H18N2O5S/c1-9(17)7-11(8-10(2)18)14(19)16-22(20,21)13-5-3-12(15)4-6-13/h3-6,11H,7-8,15H2,1-2H3,(H,16,19). The van der Waals surface area contributed by atoms with Crippen molar-refractivity contribution in [1.82, 2.24) is 4.72 Å². The van der Waals surface area contributed by atoms with Crippen LogP contribution in [-0.2, 0) is 24.4 Å². The van der Waals surface area contributed by atoms with Crippen LogP contribution in [0.4, 0.5) is 5.69 Å². The van der Waals surface area contributed by atoms with E-state index in [2.05, 4.69) is 0 Å². The lowest BCUT2D eigenvalue weighted by atomic mass is 9.97. The molecule has 0 bridgehead atoms. The van der Waals surface area contributed by atoms with Crippen LogP contribution in [0.15, 0.2) is 29.2 Å². The van der Waals surface area contributed by atoms with Crippen LogP contribution in [0.2, 0.25) is 0 Å². The third kappa shape index (κ3) is 5.28.